The Bertz CT molecular complexity index is 733. The van der Waals surface area contributed by atoms with Gasteiger partial charge in [-0.3, -0.25) is 14.9 Å². The minimum absolute atomic E-state index is 0.0271. The highest BCUT2D eigenvalue weighted by molar-refractivity contribution is 6.08. The van der Waals surface area contributed by atoms with E-state index in [2.05, 4.69) is 10.3 Å². The Morgan fingerprint density at radius 3 is 2.96 bits per heavy atom. The topological polar surface area (TPSA) is 121 Å². The van der Waals surface area contributed by atoms with Gasteiger partial charge in [-0.1, -0.05) is 0 Å². The van der Waals surface area contributed by atoms with Crippen molar-refractivity contribution in [3.05, 3.63) is 17.7 Å². The van der Waals surface area contributed by atoms with Crippen LogP contribution in [0.5, 0.6) is 11.5 Å². The van der Waals surface area contributed by atoms with Crippen LogP contribution in [0.3, 0.4) is 0 Å². The summed E-state index contributed by atoms with van der Waals surface area (Å²) in [5.41, 5.74) is 1.36. The largest absolute Gasteiger partial charge is 0.492 e. The highest BCUT2D eigenvalue weighted by Gasteiger charge is 2.41. The molecule has 9 nitrogen and oxygen atoms in total. The van der Waals surface area contributed by atoms with Crippen LogP contribution in [-0.2, 0) is 16.1 Å². The summed E-state index contributed by atoms with van der Waals surface area (Å²) in [6.07, 6.45) is 0.183. The predicted octanol–water partition coefficient (Wildman–Crippen LogP) is 0.233. The third-order valence-electron chi connectivity index (χ3n) is 4.07. The van der Waals surface area contributed by atoms with Crippen LogP contribution in [0.4, 0.5) is 5.69 Å². The molecule has 3 N–H and O–H groups in total. The average molecular weight is 349 g/mol. The van der Waals surface area contributed by atoms with Crippen LogP contribution < -0.4 is 14.8 Å². The summed E-state index contributed by atoms with van der Waals surface area (Å²) in [5, 5.41) is 20.5. The number of aliphatic hydroxyl groups is 1. The Morgan fingerprint density at radius 1 is 1.48 bits per heavy atom. The first-order valence-corrected chi connectivity index (χ1v) is 7.86. The molecule has 134 valence electrons. The molecule has 0 aromatic heterocycles. The van der Waals surface area contributed by atoms with E-state index in [0.717, 1.165) is 5.56 Å². The number of benzene rings is 1. The van der Waals surface area contributed by atoms with Gasteiger partial charge in [0.1, 0.15) is 6.04 Å². The Labute approximate surface area is 143 Å². The van der Waals surface area contributed by atoms with Crippen LogP contribution in [0.15, 0.2) is 17.1 Å². The molecule has 1 aromatic rings. The van der Waals surface area contributed by atoms with E-state index in [-0.39, 0.29) is 25.5 Å². The second kappa shape index (κ2) is 6.98. The smallest absolute Gasteiger partial charge is 0.305 e. The molecule has 2 aliphatic heterocycles. The minimum Gasteiger partial charge on any atom is -0.492 e. The number of aliphatic imine (C=N–C) groups is 1. The summed E-state index contributed by atoms with van der Waals surface area (Å²) < 4.78 is 11.1. The van der Waals surface area contributed by atoms with E-state index < -0.39 is 12.0 Å². The summed E-state index contributed by atoms with van der Waals surface area (Å²) in [6.45, 7) is 0.649. The standard InChI is InChI=1S/C16H19N3O6/c1-24-14-9-8-19-11(7-13(21)22)15(23)18-16(19)17-10(9)3-4-12(14)25-6-2-5-20/h3-4,11,20H,2,5-8H2,1H3,(H,21,22)(H,17,18,23). The molecule has 1 fully saturated rings. The zero-order chi connectivity index (χ0) is 18.0. The monoisotopic (exact) mass is 349 g/mol. The first-order chi connectivity index (χ1) is 12.0. The SMILES string of the molecule is COc1c(OCCCO)ccc2c1CN1C(=N2)NC(=O)C1CC(=O)O. The van der Waals surface area contributed by atoms with Gasteiger partial charge in [-0.25, -0.2) is 4.99 Å². The van der Waals surface area contributed by atoms with Gasteiger partial charge in [0.25, 0.3) is 0 Å². The van der Waals surface area contributed by atoms with E-state index in [1.165, 1.54) is 7.11 Å². The van der Waals surface area contributed by atoms with Gasteiger partial charge in [0, 0.05) is 18.6 Å². The van der Waals surface area contributed by atoms with Crippen molar-refractivity contribution in [2.24, 2.45) is 4.99 Å². The van der Waals surface area contributed by atoms with Crippen molar-refractivity contribution < 1.29 is 29.3 Å². The minimum atomic E-state index is -1.06. The van der Waals surface area contributed by atoms with Crippen molar-refractivity contribution in [1.29, 1.82) is 0 Å². The number of carboxylic acids is 1. The summed E-state index contributed by atoms with van der Waals surface area (Å²) >= 11 is 0. The van der Waals surface area contributed by atoms with Gasteiger partial charge in [-0.15, -0.1) is 0 Å². The number of nitrogens with zero attached hydrogens (tertiary/aromatic N) is 2. The van der Waals surface area contributed by atoms with Crippen LogP contribution >= 0.6 is 0 Å². The lowest BCUT2D eigenvalue weighted by Gasteiger charge is -2.28. The quantitative estimate of drug-likeness (QED) is 0.603. The van der Waals surface area contributed by atoms with E-state index in [0.29, 0.717) is 36.2 Å². The number of aliphatic hydroxyl groups excluding tert-OH is 1. The van der Waals surface area contributed by atoms with Gasteiger partial charge in [-0.05, 0) is 12.1 Å². The number of hydrogen-bond donors (Lipinski definition) is 3. The highest BCUT2D eigenvalue weighted by Crippen LogP contribution is 2.41. The van der Waals surface area contributed by atoms with Gasteiger partial charge in [0.15, 0.2) is 11.5 Å². The van der Waals surface area contributed by atoms with Crippen molar-refractivity contribution in [2.45, 2.75) is 25.4 Å². The van der Waals surface area contributed by atoms with Crippen molar-refractivity contribution in [3.63, 3.8) is 0 Å². The van der Waals surface area contributed by atoms with Crippen LogP contribution in [-0.4, -0.2) is 59.3 Å². The maximum absolute atomic E-state index is 12.0. The molecule has 1 aromatic carbocycles. The van der Waals surface area contributed by atoms with Gasteiger partial charge in [-0.2, -0.15) is 0 Å². The third kappa shape index (κ3) is 3.22. The number of ether oxygens (including phenoxy) is 2. The van der Waals surface area contributed by atoms with Crippen LogP contribution in [0.25, 0.3) is 0 Å². The van der Waals surface area contributed by atoms with Crippen molar-refractivity contribution in [1.82, 2.24) is 10.2 Å². The summed E-state index contributed by atoms with van der Waals surface area (Å²) in [5.74, 6) is -0.0828. The van der Waals surface area contributed by atoms with E-state index in [9.17, 15) is 9.59 Å². The Hall–Kier alpha value is -2.81. The second-order valence-corrected chi connectivity index (χ2v) is 5.69. The van der Waals surface area contributed by atoms with E-state index in [1.54, 1.807) is 17.0 Å². The molecule has 1 saturated heterocycles. The molecule has 25 heavy (non-hydrogen) atoms. The van der Waals surface area contributed by atoms with E-state index >= 15 is 0 Å². The number of methoxy groups -OCH3 is 1. The molecule has 3 rings (SSSR count). The van der Waals surface area contributed by atoms with E-state index in [1.807, 2.05) is 0 Å². The van der Waals surface area contributed by atoms with Crippen molar-refractivity contribution in [3.8, 4) is 11.5 Å². The number of amides is 1. The normalized spacial score (nSPS) is 18.2. The number of carbonyl (C=O) groups is 2. The number of hydrogen-bond acceptors (Lipinski definition) is 7. The van der Waals surface area contributed by atoms with Crippen LogP contribution in [0, 0.1) is 0 Å². The molecule has 1 unspecified atom stereocenters. The Kier molecular flexibility index (Phi) is 4.75. The van der Waals surface area contributed by atoms with Crippen LogP contribution in [0.1, 0.15) is 18.4 Å². The highest BCUT2D eigenvalue weighted by atomic mass is 16.5. The molecule has 2 aliphatic rings. The third-order valence-corrected chi connectivity index (χ3v) is 4.07. The number of rotatable bonds is 7. The molecule has 0 saturated carbocycles. The van der Waals surface area contributed by atoms with Gasteiger partial charge in [0.05, 0.1) is 32.4 Å². The molecule has 1 amide bonds. The molecule has 1 atom stereocenters. The maximum atomic E-state index is 12.0. The summed E-state index contributed by atoms with van der Waals surface area (Å²) in [7, 11) is 1.51. The molecule has 0 radical (unpaired) electrons. The number of guanidine groups is 1. The lowest BCUT2D eigenvalue weighted by Crippen LogP contribution is -2.38. The number of fused-ring (bicyclic) bond motifs is 2. The number of carbonyl (C=O) groups excluding carboxylic acids is 1. The first-order valence-electron chi connectivity index (χ1n) is 7.86. The second-order valence-electron chi connectivity index (χ2n) is 5.69. The molecular weight excluding hydrogens is 330 g/mol. The fourth-order valence-electron chi connectivity index (χ4n) is 2.92. The average Bonchev–Trinajstić information content (AvgIpc) is 2.87. The molecule has 0 spiro atoms. The summed E-state index contributed by atoms with van der Waals surface area (Å²) in [6, 6.07) is 2.67. The lowest BCUT2D eigenvalue weighted by molar-refractivity contribution is -0.140. The maximum Gasteiger partial charge on any atom is 0.305 e. The molecular formula is C16H19N3O6. The van der Waals surface area contributed by atoms with Gasteiger partial charge < -0.3 is 24.6 Å². The zero-order valence-corrected chi connectivity index (χ0v) is 13.7. The Morgan fingerprint density at radius 2 is 2.28 bits per heavy atom. The summed E-state index contributed by atoms with van der Waals surface area (Å²) in [4.78, 5) is 29.1. The fraction of sp³-hybridized carbons (Fsp3) is 0.438. The molecule has 0 bridgehead atoms. The number of nitrogens with one attached hydrogen (secondary N) is 1. The molecule has 0 aliphatic carbocycles. The zero-order valence-electron chi connectivity index (χ0n) is 13.7. The fourth-order valence-corrected chi connectivity index (χ4v) is 2.92. The van der Waals surface area contributed by atoms with Crippen molar-refractivity contribution >= 4 is 23.5 Å². The van der Waals surface area contributed by atoms with E-state index in [4.69, 9.17) is 19.7 Å². The lowest BCUT2D eigenvalue weighted by atomic mass is 10.1. The molecule has 2 heterocycles. The van der Waals surface area contributed by atoms with Gasteiger partial charge >= 0.3 is 5.97 Å². The van der Waals surface area contributed by atoms with Crippen LogP contribution in [0.2, 0.25) is 0 Å². The van der Waals surface area contributed by atoms with Crippen molar-refractivity contribution in [2.75, 3.05) is 20.3 Å². The number of aliphatic carboxylic acids is 1. The predicted molar refractivity (Wildman–Crippen MR) is 87.0 cm³/mol. The molecule has 9 heteroatoms. The number of carboxylic acid groups (broad SMARTS) is 1. The Balaban J connectivity index is 1.91. The van der Waals surface area contributed by atoms with Gasteiger partial charge in [0.2, 0.25) is 11.9 Å². The first kappa shape index (κ1) is 17.0.